The number of carbonyl (C=O) groups is 1. The molecule has 3 aromatic rings. The van der Waals surface area contributed by atoms with Crippen LogP contribution < -0.4 is 5.32 Å². The molecule has 0 spiro atoms. The highest BCUT2D eigenvalue weighted by Crippen LogP contribution is 2.35. The number of fused-ring (bicyclic) bond motifs is 1. The van der Waals surface area contributed by atoms with Crippen molar-refractivity contribution in [2.24, 2.45) is 0 Å². The van der Waals surface area contributed by atoms with Crippen LogP contribution in [0.5, 0.6) is 0 Å². The summed E-state index contributed by atoms with van der Waals surface area (Å²) in [6.07, 6.45) is -2.02. The minimum absolute atomic E-state index is 0.228. The van der Waals surface area contributed by atoms with E-state index in [0.29, 0.717) is 11.3 Å². The van der Waals surface area contributed by atoms with Crippen molar-refractivity contribution in [2.75, 3.05) is 11.9 Å². The number of hydrogen-bond donors (Lipinski definition) is 1. The zero-order valence-electron chi connectivity index (χ0n) is 14.0. The number of alkyl halides is 3. The summed E-state index contributed by atoms with van der Waals surface area (Å²) < 4.78 is 40.9. The monoisotopic (exact) mass is 372 g/mol. The van der Waals surface area contributed by atoms with Gasteiger partial charge in [0.2, 0.25) is 0 Å². The highest BCUT2D eigenvalue weighted by Gasteiger charge is 2.40. The zero-order valence-corrected chi connectivity index (χ0v) is 14.0. The molecule has 0 aliphatic carbocycles. The third-order valence-corrected chi connectivity index (χ3v) is 4.35. The molecule has 27 heavy (non-hydrogen) atoms. The Morgan fingerprint density at radius 3 is 2.44 bits per heavy atom. The Balaban J connectivity index is 1.71. The molecule has 0 saturated heterocycles. The largest absolute Gasteiger partial charge is 0.406 e. The van der Waals surface area contributed by atoms with E-state index < -0.39 is 24.8 Å². The van der Waals surface area contributed by atoms with Gasteiger partial charge in [0, 0.05) is 18.1 Å². The molecule has 0 fully saturated rings. The highest BCUT2D eigenvalue weighted by atomic mass is 19.4. The lowest BCUT2D eigenvalue weighted by molar-refractivity contribution is -0.144. The number of amides is 1. The van der Waals surface area contributed by atoms with Crippen molar-refractivity contribution in [3.63, 3.8) is 0 Å². The van der Waals surface area contributed by atoms with E-state index in [2.05, 4.69) is 10.4 Å². The van der Waals surface area contributed by atoms with Crippen LogP contribution in [0.1, 0.15) is 22.1 Å². The lowest BCUT2D eigenvalue weighted by Gasteiger charge is -2.38. The predicted molar refractivity (Wildman–Crippen MR) is 93.5 cm³/mol. The Kier molecular flexibility index (Phi) is 4.10. The van der Waals surface area contributed by atoms with Crippen LogP contribution in [0.3, 0.4) is 0 Å². The van der Waals surface area contributed by atoms with Crippen molar-refractivity contribution in [1.29, 1.82) is 0 Å². The molecule has 1 N–H and O–H groups in total. The topological polar surface area (TPSA) is 50.2 Å². The fraction of sp³-hybridized carbons (Fsp3) is 0.158. The molecule has 4 rings (SSSR count). The van der Waals surface area contributed by atoms with Crippen LogP contribution in [0.15, 0.2) is 67.0 Å². The Hall–Kier alpha value is -3.29. The number of benzene rings is 2. The van der Waals surface area contributed by atoms with E-state index in [0.717, 1.165) is 10.6 Å². The van der Waals surface area contributed by atoms with Gasteiger partial charge in [-0.15, -0.1) is 0 Å². The molecule has 2 heterocycles. The first-order chi connectivity index (χ1) is 12.9. The summed E-state index contributed by atoms with van der Waals surface area (Å²) in [7, 11) is 0. The van der Waals surface area contributed by atoms with E-state index in [1.54, 1.807) is 65.6 Å². The average molecular weight is 372 g/mol. The number of rotatable bonds is 3. The number of anilines is 1. The van der Waals surface area contributed by atoms with Crippen LogP contribution in [0.25, 0.3) is 5.69 Å². The van der Waals surface area contributed by atoms with Gasteiger partial charge in [-0.05, 0) is 35.9 Å². The summed E-state index contributed by atoms with van der Waals surface area (Å²) in [5.74, 6) is -0.650. The van der Waals surface area contributed by atoms with E-state index in [1.807, 2.05) is 0 Å². The van der Waals surface area contributed by atoms with Crippen LogP contribution >= 0.6 is 0 Å². The quantitative estimate of drug-likeness (QED) is 0.756. The van der Waals surface area contributed by atoms with Crippen LogP contribution in [0.4, 0.5) is 18.9 Å². The molecule has 0 bridgehead atoms. The SMILES string of the molecule is O=C1c2ccccc2N[C@@H](c2ccc(-n3cccn3)cc2)N1CC(F)(F)F. The number of hydrogen-bond acceptors (Lipinski definition) is 3. The summed E-state index contributed by atoms with van der Waals surface area (Å²) in [6.45, 7) is -1.33. The standard InChI is InChI=1S/C19H15F3N4O/c20-19(21,22)12-25-17(24-16-5-2-1-4-15(16)18(25)27)13-6-8-14(9-7-13)26-11-3-10-23-26/h1-11,17,24H,12H2/t17-/m1/s1. The minimum atomic E-state index is -4.50. The van der Waals surface area contributed by atoms with Gasteiger partial charge in [0.25, 0.3) is 5.91 Å². The maximum absolute atomic E-state index is 13.1. The fourth-order valence-electron chi connectivity index (χ4n) is 3.14. The Morgan fingerprint density at radius 2 is 1.78 bits per heavy atom. The normalized spacial score (nSPS) is 16.8. The van der Waals surface area contributed by atoms with Gasteiger partial charge in [-0.25, -0.2) is 4.68 Å². The first kappa shape index (κ1) is 17.1. The van der Waals surface area contributed by atoms with Gasteiger partial charge in [-0.2, -0.15) is 18.3 Å². The molecule has 138 valence electrons. The second kappa shape index (κ2) is 6.46. The van der Waals surface area contributed by atoms with Gasteiger partial charge in [-0.3, -0.25) is 4.79 Å². The smallest absolute Gasteiger partial charge is 0.361 e. The van der Waals surface area contributed by atoms with E-state index in [4.69, 9.17) is 0 Å². The van der Waals surface area contributed by atoms with Gasteiger partial charge >= 0.3 is 6.18 Å². The zero-order chi connectivity index (χ0) is 19.0. The molecule has 0 saturated carbocycles. The molecule has 1 atom stereocenters. The molecular formula is C19H15F3N4O. The maximum Gasteiger partial charge on any atom is 0.406 e. The number of para-hydroxylation sites is 1. The lowest BCUT2D eigenvalue weighted by Crippen LogP contribution is -2.47. The first-order valence-corrected chi connectivity index (χ1v) is 8.26. The number of carbonyl (C=O) groups excluding carboxylic acids is 1. The predicted octanol–water partition coefficient (Wildman–Crippen LogP) is 4.00. The number of nitrogens with one attached hydrogen (secondary N) is 1. The van der Waals surface area contributed by atoms with Crippen molar-refractivity contribution in [3.8, 4) is 5.69 Å². The molecule has 1 aromatic heterocycles. The summed E-state index contributed by atoms with van der Waals surface area (Å²) in [5, 5.41) is 7.17. The van der Waals surface area contributed by atoms with E-state index in [1.165, 1.54) is 6.07 Å². The molecule has 0 unspecified atom stereocenters. The van der Waals surface area contributed by atoms with E-state index in [9.17, 15) is 18.0 Å². The van der Waals surface area contributed by atoms with Gasteiger partial charge in [0.05, 0.1) is 11.3 Å². The van der Waals surface area contributed by atoms with Crippen molar-refractivity contribution < 1.29 is 18.0 Å². The molecule has 8 heteroatoms. The van der Waals surface area contributed by atoms with Crippen LogP contribution in [-0.4, -0.2) is 33.3 Å². The third kappa shape index (κ3) is 3.38. The second-order valence-corrected chi connectivity index (χ2v) is 6.18. The molecule has 1 aliphatic rings. The second-order valence-electron chi connectivity index (χ2n) is 6.18. The fourth-order valence-corrected chi connectivity index (χ4v) is 3.14. The van der Waals surface area contributed by atoms with Crippen LogP contribution in [-0.2, 0) is 0 Å². The number of aromatic nitrogens is 2. The van der Waals surface area contributed by atoms with Crippen molar-refractivity contribution in [2.45, 2.75) is 12.3 Å². The minimum Gasteiger partial charge on any atom is -0.361 e. The van der Waals surface area contributed by atoms with Crippen LogP contribution in [0.2, 0.25) is 0 Å². The summed E-state index contributed by atoms with van der Waals surface area (Å²) in [6, 6.07) is 15.2. The Labute approximate surface area is 153 Å². The van der Waals surface area contributed by atoms with Crippen molar-refractivity contribution in [3.05, 3.63) is 78.1 Å². The first-order valence-electron chi connectivity index (χ1n) is 8.26. The molecule has 1 aliphatic heterocycles. The van der Waals surface area contributed by atoms with E-state index in [-0.39, 0.29) is 5.56 Å². The van der Waals surface area contributed by atoms with Crippen LogP contribution in [0, 0.1) is 0 Å². The third-order valence-electron chi connectivity index (χ3n) is 4.35. The molecule has 5 nitrogen and oxygen atoms in total. The summed E-state index contributed by atoms with van der Waals surface area (Å²) in [5.41, 5.74) is 2.07. The highest BCUT2D eigenvalue weighted by molar-refractivity contribution is 6.01. The van der Waals surface area contributed by atoms with E-state index >= 15 is 0 Å². The van der Waals surface area contributed by atoms with Gasteiger partial charge in [0.15, 0.2) is 0 Å². The average Bonchev–Trinajstić information content (AvgIpc) is 3.18. The molecular weight excluding hydrogens is 357 g/mol. The Morgan fingerprint density at radius 1 is 1.04 bits per heavy atom. The number of nitrogens with zero attached hydrogens (tertiary/aromatic N) is 3. The van der Waals surface area contributed by atoms with Gasteiger partial charge in [0.1, 0.15) is 12.7 Å². The molecule has 2 aromatic carbocycles. The lowest BCUT2D eigenvalue weighted by atomic mass is 10.0. The Bertz CT molecular complexity index is 952. The molecule has 0 radical (unpaired) electrons. The maximum atomic E-state index is 13.1. The van der Waals surface area contributed by atoms with Gasteiger partial charge in [-0.1, -0.05) is 24.3 Å². The summed E-state index contributed by atoms with van der Waals surface area (Å²) in [4.78, 5) is 13.5. The van der Waals surface area contributed by atoms with Gasteiger partial charge < -0.3 is 10.2 Å². The van der Waals surface area contributed by atoms with Crippen molar-refractivity contribution in [1.82, 2.24) is 14.7 Å². The summed E-state index contributed by atoms with van der Waals surface area (Å²) >= 11 is 0. The number of halogens is 3. The van der Waals surface area contributed by atoms with Crippen molar-refractivity contribution >= 4 is 11.6 Å². The molecule has 1 amide bonds.